The molecule has 30 heavy (non-hydrogen) atoms. The SMILES string of the molecule is CC(C)(C)c1ccc(NC(=O)C[NH+]2CC[NH+](Cc3ccc4c(c3)OCO4)CC2)cc1. The van der Waals surface area contributed by atoms with Gasteiger partial charge < -0.3 is 24.6 Å². The van der Waals surface area contributed by atoms with Crippen molar-refractivity contribution in [3.05, 3.63) is 53.6 Å². The van der Waals surface area contributed by atoms with Gasteiger partial charge >= 0.3 is 0 Å². The first-order chi connectivity index (χ1) is 14.4. The first-order valence-electron chi connectivity index (χ1n) is 10.8. The summed E-state index contributed by atoms with van der Waals surface area (Å²) in [4.78, 5) is 15.4. The summed E-state index contributed by atoms with van der Waals surface area (Å²) in [6.45, 7) is 12.6. The first-order valence-corrected chi connectivity index (χ1v) is 10.8. The Morgan fingerprint density at radius 2 is 1.60 bits per heavy atom. The lowest BCUT2D eigenvalue weighted by Gasteiger charge is -2.29. The van der Waals surface area contributed by atoms with Gasteiger partial charge in [0.1, 0.15) is 32.7 Å². The Hall–Kier alpha value is -2.57. The number of anilines is 1. The van der Waals surface area contributed by atoms with E-state index in [9.17, 15) is 4.79 Å². The van der Waals surface area contributed by atoms with E-state index in [1.165, 1.54) is 16.0 Å². The van der Waals surface area contributed by atoms with Gasteiger partial charge in [-0.05, 0) is 41.3 Å². The minimum Gasteiger partial charge on any atom is -0.454 e. The highest BCUT2D eigenvalue weighted by molar-refractivity contribution is 5.91. The number of hydrogen-bond donors (Lipinski definition) is 3. The summed E-state index contributed by atoms with van der Waals surface area (Å²) >= 11 is 0. The van der Waals surface area contributed by atoms with Gasteiger partial charge in [0.05, 0.1) is 0 Å². The summed E-state index contributed by atoms with van der Waals surface area (Å²) in [5.74, 6) is 1.78. The van der Waals surface area contributed by atoms with Crippen molar-refractivity contribution in [1.82, 2.24) is 0 Å². The zero-order valence-corrected chi connectivity index (χ0v) is 18.2. The van der Waals surface area contributed by atoms with Gasteiger partial charge in [-0.3, -0.25) is 4.79 Å². The number of fused-ring (bicyclic) bond motifs is 1. The predicted molar refractivity (Wildman–Crippen MR) is 116 cm³/mol. The summed E-state index contributed by atoms with van der Waals surface area (Å²) in [7, 11) is 0. The Morgan fingerprint density at radius 1 is 0.933 bits per heavy atom. The van der Waals surface area contributed by atoms with Gasteiger partial charge in [0, 0.05) is 11.3 Å². The third-order valence-electron chi connectivity index (χ3n) is 6.00. The molecule has 6 nitrogen and oxygen atoms in total. The van der Waals surface area contributed by atoms with Crippen LogP contribution in [0.3, 0.4) is 0 Å². The molecule has 0 bridgehead atoms. The molecule has 1 saturated heterocycles. The molecular formula is C24H33N3O3+2. The number of carbonyl (C=O) groups is 1. The van der Waals surface area contributed by atoms with Gasteiger partial charge in [0.2, 0.25) is 6.79 Å². The van der Waals surface area contributed by atoms with Gasteiger partial charge in [0.15, 0.2) is 18.0 Å². The van der Waals surface area contributed by atoms with Crippen LogP contribution in [-0.2, 0) is 16.8 Å². The molecule has 0 unspecified atom stereocenters. The highest BCUT2D eigenvalue weighted by Gasteiger charge is 2.25. The normalized spacial score (nSPS) is 20.8. The van der Waals surface area contributed by atoms with Gasteiger partial charge in [-0.15, -0.1) is 0 Å². The molecule has 2 aliphatic heterocycles. The number of hydrogen-bond acceptors (Lipinski definition) is 3. The molecule has 4 rings (SSSR count). The standard InChI is InChI=1S/C24H31N3O3/c1-24(2,3)19-5-7-20(8-6-19)25-23(28)16-27-12-10-26(11-13-27)15-18-4-9-21-22(14-18)30-17-29-21/h4-9,14H,10-13,15-17H2,1-3H3,(H,25,28)/p+2. The Labute approximate surface area is 178 Å². The number of ether oxygens (including phenoxy) is 2. The molecule has 2 heterocycles. The summed E-state index contributed by atoms with van der Waals surface area (Å²) in [6.07, 6.45) is 0. The fourth-order valence-corrected chi connectivity index (χ4v) is 4.14. The Morgan fingerprint density at radius 3 is 2.30 bits per heavy atom. The van der Waals surface area contributed by atoms with E-state index in [4.69, 9.17) is 9.47 Å². The maximum Gasteiger partial charge on any atom is 0.279 e. The van der Waals surface area contributed by atoms with Crippen molar-refractivity contribution >= 4 is 11.6 Å². The molecule has 0 spiro atoms. The van der Waals surface area contributed by atoms with Crippen molar-refractivity contribution in [3.63, 3.8) is 0 Å². The van der Waals surface area contributed by atoms with Crippen LogP contribution in [0.25, 0.3) is 0 Å². The Kier molecular flexibility index (Phi) is 5.97. The van der Waals surface area contributed by atoms with Crippen LogP contribution in [0.5, 0.6) is 11.5 Å². The Bertz CT molecular complexity index is 882. The third kappa shape index (κ3) is 5.12. The van der Waals surface area contributed by atoms with E-state index in [0.29, 0.717) is 13.3 Å². The maximum absolute atomic E-state index is 12.5. The lowest BCUT2D eigenvalue weighted by Crippen LogP contribution is -3.28. The summed E-state index contributed by atoms with van der Waals surface area (Å²) < 4.78 is 10.9. The molecule has 3 N–H and O–H groups in total. The number of carbonyl (C=O) groups excluding carboxylic acids is 1. The molecule has 2 aliphatic rings. The Balaban J connectivity index is 1.22. The number of amides is 1. The summed E-state index contributed by atoms with van der Waals surface area (Å²) in [5, 5.41) is 3.05. The minimum atomic E-state index is 0.0905. The largest absolute Gasteiger partial charge is 0.454 e. The van der Waals surface area contributed by atoms with E-state index in [0.717, 1.165) is 49.9 Å². The molecular weight excluding hydrogens is 378 g/mol. The highest BCUT2D eigenvalue weighted by Crippen LogP contribution is 2.32. The van der Waals surface area contributed by atoms with Gasteiger partial charge in [-0.25, -0.2) is 0 Å². The third-order valence-corrected chi connectivity index (χ3v) is 6.00. The molecule has 0 atom stereocenters. The minimum absolute atomic E-state index is 0.0905. The fourth-order valence-electron chi connectivity index (χ4n) is 4.14. The van der Waals surface area contributed by atoms with Crippen LogP contribution >= 0.6 is 0 Å². The van der Waals surface area contributed by atoms with E-state index >= 15 is 0 Å². The average Bonchev–Trinajstić information content (AvgIpc) is 3.17. The average molecular weight is 412 g/mol. The van der Waals surface area contributed by atoms with Gasteiger partial charge in [-0.2, -0.15) is 0 Å². The van der Waals surface area contributed by atoms with E-state index in [1.54, 1.807) is 4.90 Å². The van der Waals surface area contributed by atoms with Crippen LogP contribution in [0, 0.1) is 0 Å². The molecule has 1 amide bonds. The molecule has 2 aromatic rings. The summed E-state index contributed by atoms with van der Waals surface area (Å²) in [6, 6.07) is 14.4. The van der Waals surface area contributed by atoms with Crippen LogP contribution in [0.15, 0.2) is 42.5 Å². The van der Waals surface area contributed by atoms with Crippen molar-refractivity contribution in [2.75, 3.05) is 44.8 Å². The zero-order chi connectivity index (χ0) is 21.1. The zero-order valence-electron chi connectivity index (χ0n) is 18.2. The van der Waals surface area contributed by atoms with E-state index in [1.807, 2.05) is 18.2 Å². The smallest absolute Gasteiger partial charge is 0.279 e. The molecule has 0 radical (unpaired) electrons. The van der Waals surface area contributed by atoms with E-state index < -0.39 is 0 Å². The second-order valence-corrected chi connectivity index (χ2v) is 9.42. The molecule has 1 fully saturated rings. The van der Waals surface area contributed by atoms with Crippen molar-refractivity contribution in [2.24, 2.45) is 0 Å². The van der Waals surface area contributed by atoms with Crippen molar-refractivity contribution in [1.29, 1.82) is 0 Å². The number of benzene rings is 2. The molecule has 2 aromatic carbocycles. The van der Waals surface area contributed by atoms with Crippen LogP contribution in [-0.4, -0.2) is 45.4 Å². The van der Waals surface area contributed by atoms with Crippen LogP contribution in [0.4, 0.5) is 5.69 Å². The monoisotopic (exact) mass is 411 g/mol. The van der Waals surface area contributed by atoms with Crippen molar-refractivity contribution in [3.8, 4) is 11.5 Å². The van der Waals surface area contributed by atoms with E-state index in [-0.39, 0.29) is 11.3 Å². The van der Waals surface area contributed by atoms with Crippen molar-refractivity contribution < 1.29 is 24.1 Å². The van der Waals surface area contributed by atoms with Gasteiger partial charge in [0.25, 0.3) is 5.91 Å². The van der Waals surface area contributed by atoms with Crippen LogP contribution < -0.4 is 24.6 Å². The lowest BCUT2D eigenvalue weighted by molar-refractivity contribution is -1.02. The molecule has 0 saturated carbocycles. The first kappa shape index (κ1) is 20.7. The second kappa shape index (κ2) is 8.66. The number of rotatable bonds is 5. The van der Waals surface area contributed by atoms with E-state index in [2.05, 4.69) is 50.4 Å². The van der Waals surface area contributed by atoms with Gasteiger partial charge in [-0.1, -0.05) is 32.9 Å². The molecule has 6 heteroatoms. The predicted octanol–water partition coefficient (Wildman–Crippen LogP) is 0.635. The lowest BCUT2D eigenvalue weighted by atomic mass is 9.87. The molecule has 160 valence electrons. The second-order valence-electron chi connectivity index (χ2n) is 9.42. The maximum atomic E-state index is 12.5. The van der Waals surface area contributed by atoms with Crippen LogP contribution in [0.2, 0.25) is 0 Å². The number of piperazine rings is 1. The number of nitrogens with one attached hydrogen (secondary N) is 3. The highest BCUT2D eigenvalue weighted by atomic mass is 16.7. The fraction of sp³-hybridized carbons (Fsp3) is 0.458. The van der Waals surface area contributed by atoms with Crippen molar-refractivity contribution in [2.45, 2.75) is 32.7 Å². The topological polar surface area (TPSA) is 56.4 Å². The van der Waals surface area contributed by atoms with Crippen LogP contribution in [0.1, 0.15) is 31.9 Å². The quantitative estimate of drug-likeness (QED) is 0.677. The molecule has 0 aliphatic carbocycles. The summed E-state index contributed by atoms with van der Waals surface area (Å²) in [5.41, 5.74) is 3.54. The molecule has 0 aromatic heterocycles. The number of quaternary nitrogens is 2.